The van der Waals surface area contributed by atoms with E-state index in [1.165, 1.54) is 0 Å². The molecule has 5 heteroatoms. The summed E-state index contributed by atoms with van der Waals surface area (Å²) in [6.07, 6.45) is 3.59. The number of carboxylic acid groups (broad SMARTS) is 1. The lowest BCUT2D eigenvalue weighted by Crippen LogP contribution is -2.04. The van der Waals surface area contributed by atoms with Crippen molar-refractivity contribution < 1.29 is 9.90 Å². The van der Waals surface area contributed by atoms with Crippen molar-refractivity contribution in [1.82, 2.24) is 9.78 Å². The predicted octanol–water partition coefficient (Wildman–Crippen LogP) is 1.61. The average molecular weight is 231 g/mol. The van der Waals surface area contributed by atoms with Crippen LogP contribution >= 0.6 is 0 Å². The minimum atomic E-state index is -0.828. The van der Waals surface area contributed by atoms with Crippen molar-refractivity contribution >= 4 is 11.7 Å². The Bertz CT molecular complexity index is 534. The molecular weight excluding hydrogens is 218 g/mol. The second kappa shape index (κ2) is 4.69. The zero-order valence-corrected chi connectivity index (χ0v) is 9.21. The minimum Gasteiger partial charge on any atom is -0.481 e. The van der Waals surface area contributed by atoms with Crippen molar-refractivity contribution in [3.63, 3.8) is 0 Å². The predicted molar refractivity (Wildman–Crippen MR) is 64.3 cm³/mol. The van der Waals surface area contributed by atoms with E-state index in [0.29, 0.717) is 12.2 Å². The maximum absolute atomic E-state index is 10.4. The third-order valence-corrected chi connectivity index (χ3v) is 2.41. The highest BCUT2D eigenvalue weighted by Gasteiger charge is 2.03. The maximum atomic E-state index is 10.4. The van der Waals surface area contributed by atoms with Gasteiger partial charge >= 0.3 is 5.97 Å². The van der Waals surface area contributed by atoms with E-state index in [9.17, 15) is 4.79 Å². The molecular formula is C12H13N3O2. The summed E-state index contributed by atoms with van der Waals surface area (Å²) in [6, 6.07) is 7.49. The summed E-state index contributed by atoms with van der Waals surface area (Å²) in [7, 11) is 0. The highest BCUT2D eigenvalue weighted by Crippen LogP contribution is 2.20. The first kappa shape index (κ1) is 11.2. The van der Waals surface area contributed by atoms with Gasteiger partial charge in [0.1, 0.15) is 0 Å². The van der Waals surface area contributed by atoms with E-state index in [4.69, 9.17) is 10.8 Å². The molecule has 0 saturated heterocycles. The van der Waals surface area contributed by atoms with Crippen molar-refractivity contribution in [2.75, 3.05) is 5.73 Å². The molecule has 1 aromatic heterocycles. The molecule has 17 heavy (non-hydrogen) atoms. The zero-order chi connectivity index (χ0) is 12.3. The molecule has 1 aromatic carbocycles. The van der Waals surface area contributed by atoms with Crippen molar-refractivity contribution in [2.45, 2.75) is 13.0 Å². The lowest BCUT2D eigenvalue weighted by atomic mass is 10.1. The van der Waals surface area contributed by atoms with Crippen LogP contribution < -0.4 is 5.73 Å². The molecule has 1 heterocycles. The molecule has 0 spiro atoms. The maximum Gasteiger partial charge on any atom is 0.305 e. The van der Waals surface area contributed by atoms with Gasteiger partial charge in [0, 0.05) is 17.4 Å². The van der Waals surface area contributed by atoms with E-state index in [0.717, 1.165) is 11.1 Å². The average Bonchev–Trinajstić information content (AvgIpc) is 2.75. The summed E-state index contributed by atoms with van der Waals surface area (Å²) >= 11 is 0. The molecule has 0 unspecified atom stereocenters. The van der Waals surface area contributed by atoms with Crippen LogP contribution in [0, 0.1) is 0 Å². The largest absolute Gasteiger partial charge is 0.481 e. The Morgan fingerprint density at radius 1 is 1.41 bits per heavy atom. The molecule has 0 fully saturated rings. The van der Waals surface area contributed by atoms with E-state index in [-0.39, 0.29) is 6.42 Å². The van der Waals surface area contributed by atoms with Crippen LogP contribution in [0.3, 0.4) is 0 Å². The van der Waals surface area contributed by atoms with Gasteiger partial charge in [0.05, 0.1) is 19.2 Å². The molecule has 0 aliphatic heterocycles. The molecule has 2 rings (SSSR count). The van der Waals surface area contributed by atoms with Crippen molar-refractivity contribution in [3.05, 3.63) is 36.7 Å². The van der Waals surface area contributed by atoms with Crippen LogP contribution in [0.15, 0.2) is 36.7 Å². The van der Waals surface area contributed by atoms with E-state index in [1.807, 2.05) is 30.5 Å². The molecule has 3 N–H and O–H groups in total. The highest BCUT2D eigenvalue weighted by atomic mass is 16.4. The van der Waals surface area contributed by atoms with Gasteiger partial charge in [-0.3, -0.25) is 9.48 Å². The third kappa shape index (κ3) is 2.84. The number of anilines is 1. The van der Waals surface area contributed by atoms with Crippen LogP contribution in [0.4, 0.5) is 5.69 Å². The second-order valence-electron chi connectivity index (χ2n) is 3.76. The van der Waals surface area contributed by atoms with E-state index in [1.54, 1.807) is 10.9 Å². The molecule has 0 bridgehead atoms. The number of aryl methyl sites for hydroxylation is 1. The SMILES string of the molecule is Nc1cccc(-c2cnn(CCC(=O)O)c2)c1. The summed E-state index contributed by atoms with van der Waals surface area (Å²) in [5.74, 6) is -0.828. The second-order valence-corrected chi connectivity index (χ2v) is 3.76. The number of nitrogen functional groups attached to an aromatic ring is 1. The van der Waals surface area contributed by atoms with E-state index < -0.39 is 5.97 Å². The smallest absolute Gasteiger partial charge is 0.305 e. The molecule has 88 valence electrons. The highest BCUT2D eigenvalue weighted by molar-refractivity contribution is 5.67. The van der Waals surface area contributed by atoms with Gasteiger partial charge < -0.3 is 10.8 Å². The number of benzene rings is 1. The normalized spacial score (nSPS) is 10.4. The van der Waals surface area contributed by atoms with Gasteiger partial charge in [0.25, 0.3) is 0 Å². The summed E-state index contributed by atoms with van der Waals surface area (Å²) in [6.45, 7) is 0.373. The van der Waals surface area contributed by atoms with Crippen LogP contribution in [0.5, 0.6) is 0 Å². The number of carbonyl (C=O) groups is 1. The first-order valence-electron chi connectivity index (χ1n) is 5.25. The lowest BCUT2D eigenvalue weighted by molar-refractivity contribution is -0.137. The van der Waals surface area contributed by atoms with Gasteiger partial charge in [-0.15, -0.1) is 0 Å². The van der Waals surface area contributed by atoms with E-state index in [2.05, 4.69) is 5.10 Å². The molecule has 0 atom stereocenters. The molecule has 0 saturated carbocycles. The van der Waals surface area contributed by atoms with Gasteiger partial charge in [0.15, 0.2) is 0 Å². The fourth-order valence-corrected chi connectivity index (χ4v) is 1.56. The number of rotatable bonds is 4. The standard InChI is InChI=1S/C12H13N3O2/c13-11-3-1-2-9(6-11)10-7-14-15(8-10)5-4-12(16)17/h1-3,6-8H,4-5,13H2,(H,16,17). The number of hydrogen-bond donors (Lipinski definition) is 2. The van der Waals surface area contributed by atoms with Crippen LogP contribution in [-0.4, -0.2) is 20.9 Å². The van der Waals surface area contributed by atoms with Gasteiger partial charge in [-0.05, 0) is 17.7 Å². The summed E-state index contributed by atoms with van der Waals surface area (Å²) in [5, 5.41) is 12.7. The fourth-order valence-electron chi connectivity index (χ4n) is 1.56. The Morgan fingerprint density at radius 2 is 2.24 bits per heavy atom. The molecule has 2 aromatic rings. The van der Waals surface area contributed by atoms with Gasteiger partial charge in [-0.25, -0.2) is 0 Å². The molecule has 0 radical (unpaired) electrons. The number of nitrogens with zero attached hydrogens (tertiary/aromatic N) is 2. The topological polar surface area (TPSA) is 81.1 Å². The van der Waals surface area contributed by atoms with Gasteiger partial charge in [-0.2, -0.15) is 5.10 Å². The van der Waals surface area contributed by atoms with Gasteiger partial charge in [0.2, 0.25) is 0 Å². The van der Waals surface area contributed by atoms with Crippen molar-refractivity contribution in [3.8, 4) is 11.1 Å². The van der Waals surface area contributed by atoms with Crippen LogP contribution in [0.1, 0.15) is 6.42 Å². The van der Waals surface area contributed by atoms with Crippen LogP contribution in [0.2, 0.25) is 0 Å². The quantitative estimate of drug-likeness (QED) is 0.783. The Morgan fingerprint density at radius 3 is 2.94 bits per heavy atom. The molecule has 0 aliphatic rings. The van der Waals surface area contributed by atoms with E-state index >= 15 is 0 Å². The summed E-state index contributed by atoms with van der Waals surface area (Å²) in [5.41, 5.74) is 8.30. The molecule has 0 amide bonds. The Kier molecular flexibility index (Phi) is 3.09. The molecule has 5 nitrogen and oxygen atoms in total. The first-order chi connectivity index (χ1) is 8.15. The first-order valence-corrected chi connectivity index (χ1v) is 5.25. The summed E-state index contributed by atoms with van der Waals surface area (Å²) < 4.78 is 1.62. The number of aliphatic carboxylic acids is 1. The Labute approximate surface area is 98.5 Å². The third-order valence-electron chi connectivity index (χ3n) is 2.41. The lowest BCUT2D eigenvalue weighted by Gasteiger charge is -1.99. The van der Waals surface area contributed by atoms with Crippen molar-refractivity contribution in [2.24, 2.45) is 0 Å². The Balaban J connectivity index is 2.15. The number of nitrogens with two attached hydrogens (primary N) is 1. The Hall–Kier alpha value is -2.30. The van der Waals surface area contributed by atoms with Crippen LogP contribution in [0.25, 0.3) is 11.1 Å². The monoisotopic (exact) mass is 231 g/mol. The van der Waals surface area contributed by atoms with Crippen LogP contribution in [-0.2, 0) is 11.3 Å². The molecule has 0 aliphatic carbocycles. The number of hydrogen-bond acceptors (Lipinski definition) is 3. The number of aromatic nitrogens is 2. The summed E-state index contributed by atoms with van der Waals surface area (Å²) in [4.78, 5) is 10.4. The minimum absolute atomic E-state index is 0.0675. The van der Waals surface area contributed by atoms with Gasteiger partial charge in [-0.1, -0.05) is 12.1 Å². The number of carboxylic acids is 1. The zero-order valence-electron chi connectivity index (χ0n) is 9.21. The fraction of sp³-hybridized carbons (Fsp3) is 0.167. The van der Waals surface area contributed by atoms with Crippen molar-refractivity contribution in [1.29, 1.82) is 0 Å².